The molecule has 0 saturated heterocycles. The second kappa shape index (κ2) is 6.37. The zero-order valence-corrected chi connectivity index (χ0v) is 12.7. The molecule has 0 radical (unpaired) electrons. The van der Waals surface area contributed by atoms with E-state index in [0.717, 1.165) is 7.11 Å². The van der Waals surface area contributed by atoms with E-state index in [4.69, 9.17) is 0 Å². The van der Waals surface area contributed by atoms with E-state index < -0.39 is 24.1 Å². The number of halogens is 3. The molecule has 1 aromatic heterocycles. The van der Waals surface area contributed by atoms with Gasteiger partial charge in [0.15, 0.2) is 0 Å². The SMILES string of the molecule is COC(=O)[C@H](Cc1cnc(C(C)(C)C)[nH]1)NC(=O)C(F)(F)F. The van der Waals surface area contributed by atoms with Gasteiger partial charge in [-0.2, -0.15) is 13.2 Å². The van der Waals surface area contributed by atoms with Crippen LogP contribution in [0.2, 0.25) is 0 Å². The molecular formula is C13H18F3N3O3. The van der Waals surface area contributed by atoms with Gasteiger partial charge in [-0.3, -0.25) is 4.79 Å². The molecule has 1 amide bonds. The van der Waals surface area contributed by atoms with Gasteiger partial charge < -0.3 is 15.0 Å². The Labute approximate surface area is 125 Å². The molecule has 1 rings (SSSR count). The van der Waals surface area contributed by atoms with Gasteiger partial charge in [0.25, 0.3) is 0 Å². The fraction of sp³-hybridized carbons (Fsp3) is 0.615. The first-order valence-corrected chi connectivity index (χ1v) is 6.45. The number of aromatic nitrogens is 2. The number of H-pyrrole nitrogens is 1. The summed E-state index contributed by atoms with van der Waals surface area (Å²) in [6.45, 7) is 5.70. The number of carbonyl (C=O) groups is 2. The third kappa shape index (κ3) is 4.74. The van der Waals surface area contributed by atoms with E-state index in [9.17, 15) is 22.8 Å². The minimum Gasteiger partial charge on any atom is -0.467 e. The lowest BCUT2D eigenvalue weighted by molar-refractivity contribution is -0.175. The smallest absolute Gasteiger partial charge is 0.467 e. The summed E-state index contributed by atoms with van der Waals surface area (Å²) in [5, 5.41) is 1.62. The Morgan fingerprint density at radius 1 is 1.36 bits per heavy atom. The highest BCUT2D eigenvalue weighted by Gasteiger charge is 2.41. The lowest BCUT2D eigenvalue weighted by Gasteiger charge is -2.17. The fourth-order valence-electron chi connectivity index (χ4n) is 1.64. The minimum absolute atomic E-state index is 0.183. The maximum atomic E-state index is 12.3. The van der Waals surface area contributed by atoms with Crippen molar-refractivity contribution in [3.05, 3.63) is 17.7 Å². The summed E-state index contributed by atoms with van der Waals surface area (Å²) in [5.74, 6) is -2.55. The molecule has 1 heterocycles. The van der Waals surface area contributed by atoms with Gasteiger partial charge in [-0.05, 0) is 0 Å². The zero-order chi connectivity index (χ0) is 17.1. The van der Waals surface area contributed by atoms with Gasteiger partial charge in [0, 0.05) is 23.7 Å². The van der Waals surface area contributed by atoms with E-state index in [-0.39, 0.29) is 11.8 Å². The topological polar surface area (TPSA) is 84.1 Å². The number of methoxy groups -OCH3 is 1. The summed E-state index contributed by atoms with van der Waals surface area (Å²) < 4.78 is 41.3. The Hall–Kier alpha value is -2.06. The number of ether oxygens (including phenoxy) is 1. The maximum absolute atomic E-state index is 12.3. The van der Waals surface area contributed by atoms with Crippen molar-refractivity contribution >= 4 is 11.9 Å². The van der Waals surface area contributed by atoms with Crippen LogP contribution in [-0.4, -0.2) is 41.2 Å². The van der Waals surface area contributed by atoms with E-state index in [2.05, 4.69) is 14.7 Å². The van der Waals surface area contributed by atoms with Crippen LogP contribution in [-0.2, 0) is 26.2 Å². The van der Waals surface area contributed by atoms with Crippen molar-refractivity contribution in [2.45, 2.75) is 44.8 Å². The third-order valence-electron chi connectivity index (χ3n) is 2.81. The molecule has 9 heteroatoms. The molecule has 22 heavy (non-hydrogen) atoms. The number of rotatable bonds is 4. The van der Waals surface area contributed by atoms with Crippen LogP contribution in [0.5, 0.6) is 0 Å². The first kappa shape index (κ1) is 18.0. The van der Waals surface area contributed by atoms with Crippen molar-refractivity contribution in [2.24, 2.45) is 0 Å². The number of nitrogens with one attached hydrogen (secondary N) is 2. The van der Waals surface area contributed by atoms with Crippen molar-refractivity contribution in [1.82, 2.24) is 15.3 Å². The number of hydrogen-bond acceptors (Lipinski definition) is 4. The Kier molecular flexibility index (Phi) is 5.21. The second-order valence-corrected chi connectivity index (χ2v) is 5.76. The molecule has 2 N–H and O–H groups in total. The highest BCUT2D eigenvalue weighted by molar-refractivity contribution is 5.87. The van der Waals surface area contributed by atoms with Crippen LogP contribution in [0.1, 0.15) is 32.3 Å². The van der Waals surface area contributed by atoms with Crippen molar-refractivity contribution in [3.8, 4) is 0 Å². The molecule has 6 nitrogen and oxygen atoms in total. The molecule has 0 aliphatic rings. The van der Waals surface area contributed by atoms with Crippen LogP contribution in [0.3, 0.4) is 0 Å². The number of aromatic amines is 1. The molecule has 0 unspecified atom stereocenters. The lowest BCUT2D eigenvalue weighted by Crippen LogP contribution is -2.48. The molecular weight excluding hydrogens is 303 g/mol. The van der Waals surface area contributed by atoms with E-state index in [1.807, 2.05) is 20.8 Å². The summed E-state index contributed by atoms with van der Waals surface area (Å²) in [7, 11) is 1.03. The second-order valence-electron chi connectivity index (χ2n) is 5.76. The normalized spacial score (nSPS) is 13.6. The highest BCUT2D eigenvalue weighted by Crippen LogP contribution is 2.19. The largest absolute Gasteiger partial charge is 0.471 e. The van der Waals surface area contributed by atoms with Gasteiger partial charge in [0.1, 0.15) is 11.9 Å². The van der Waals surface area contributed by atoms with Gasteiger partial charge in [0.2, 0.25) is 0 Å². The van der Waals surface area contributed by atoms with Gasteiger partial charge in [-0.15, -0.1) is 0 Å². The minimum atomic E-state index is -5.07. The van der Waals surface area contributed by atoms with Crippen LogP contribution < -0.4 is 5.32 Å². The third-order valence-corrected chi connectivity index (χ3v) is 2.81. The van der Waals surface area contributed by atoms with E-state index in [1.165, 1.54) is 6.20 Å². The number of amides is 1. The van der Waals surface area contributed by atoms with Crippen molar-refractivity contribution < 1.29 is 27.5 Å². The molecule has 0 bridgehead atoms. The van der Waals surface area contributed by atoms with Crippen molar-refractivity contribution in [3.63, 3.8) is 0 Å². The number of imidazole rings is 1. The Balaban J connectivity index is 2.88. The summed E-state index contributed by atoms with van der Waals surface area (Å²) in [5.41, 5.74) is 0.136. The molecule has 1 atom stereocenters. The first-order valence-electron chi connectivity index (χ1n) is 6.45. The van der Waals surface area contributed by atoms with Gasteiger partial charge in [-0.25, -0.2) is 9.78 Å². The number of esters is 1. The Bertz CT molecular complexity index is 547. The first-order chi connectivity index (χ1) is 9.95. The molecule has 124 valence electrons. The summed E-state index contributed by atoms with van der Waals surface area (Å²) in [6, 6.07) is -1.45. The maximum Gasteiger partial charge on any atom is 0.471 e. The number of hydrogen-bond donors (Lipinski definition) is 2. The predicted octanol–water partition coefficient (Wildman–Crippen LogP) is 1.47. The molecule has 1 aromatic rings. The van der Waals surface area contributed by atoms with Crippen LogP contribution in [0.15, 0.2) is 6.20 Å². The van der Waals surface area contributed by atoms with Crippen LogP contribution in [0, 0.1) is 0 Å². The lowest BCUT2D eigenvalue weighted by atomic mass is 9.96. The Morgan fingerprint density at radius 2 is 1.95 bits per heavy atom. The summed E-state index contributed by atoms with van der Waals surface area (Å²) in [6.07, 6.45) is -3.84. The van der Waals surface area contributed by atoms with E-state index in [1.54, 1.807) is 5.32 Å². The molecule has 0 aromatic carbocycles. The van der Waals surface area contributed by atoms with Crippen LogP contribution in [0.25, 0.3) is 0 Å². The highest BCUT2D eigenvalue weighted by atomic mass is 19.4. The number of alkyl halides is 3. The van der Waals surface area contributed by atoms with Gasteiger partial charge in [0.05, 0.1) is 7.11 Å². The fourth-order valence-corrected chi connectivity index (χ4v) is 1.64. The van der Waals surface area contributed by atoms with E-state index >= 15 is 0 Å². The quantitative estimate of drug-likeness (QED) is 0.823. The number of nitrogens with zero attached hydrogens (tertiary/aromatic N) is 1. The number of carbonyl (C=O) groups excluding carboxylic acids is 2. The average molecular weight is 321 g/mol. The van der Waals surface area contributed by atoms with Crippen LogP contribution >= 0.6 is 0 Å². The molecule has 0 spiro atoms. The zero-order valence-electron chi connectivity index (χ0n) is 12.7. The van der Waals surface area contributed by atoms with Crippen LogP contribution in [0.4, 0.5) is 13.2 Å². The predicted molar refractivity (Wildman–Crippen MR) is 71.0 cm³/mol. The average Bonchev–Trinajstić information content (AvgIpc) is 2.84. The Morgan fingerprint density at radius 3 is 2.36 bits per heavy atom. The summed E-state index contributed by atoms with van der Waals surface area (Å²) >= 11 is 0. The standard InChI is InChI=1S/C13H18F3N3O3/c1-12(2,3)10-17-6-7(18-10)5-8(9(20)22-4)19-11(21)13(14,15)16/h6,8H,5H2,1-4H3,(H,17,18)(H,19,21)/t8-/m0/s1. The van der Waals surface area contributed by atoms with Crippen molar-refractivity contribution in [2.75, 3.05) is 7.11 Å². The molecule has 0 aliphatic carbocycles. The molecule has 0 saturated carbocycles. The summed E-state index contributed by atoms with van der Waals surface area (Å²) in [4.78, 5) is 29.6. The van der Waals surface area contributed by atoms with Gasteiger partial charge in [-0.1, -0.05) is 20.8 Å². The van der Waals surface area contributed by atoms with E-state index in [0.29, 0.717) is 11.5 Å². The van der Waals surface area contributed by atoms with Crippen molar-refractivity contribution in [1.29, 1.82) is 0 Å². The van der Waals surface area contributed by atoms with Gasteiger partial charge >= 0.3 is 18.1 Å². The molecule has 0 fully saturated rings. The monoisotopic (exact) mass is 321 g/mol. The molecule has 0 aliphatic heterocycles.